The molecule has 3 nitrogen and oxygen atoms in total. The highest BCUT2D eigenvalue weighted by molar-refractivity contribution is 8.03. The Morgan fingerprint density at radius 2 is 1.83 bits per heavy atom. The molecule has 0 aliphatic carbocycles. The average Bonchev–Trinajstić information content (AvgIpc) is 2.81. The van der Waals surface area contributed by atoms with Crippen molar-refractivity contribution in [2.45, 2.75) is 13.6 Å². The molecule has 0 N–H and O–H groups in total. The van der Waals surface area contributed by atoms with E-state index in [9.17, 15) is 13.6 Å². The van der Waals surface area contributed by atoms with Crippen LogP contribution in [0, 0.1) is 11.6 Å². The molecule has 0 radical (unpaired) electrons. The second kappa shape index (κ2) is 5.77. The molecule has 0 aliphatic heterocycles. The molecule has 1 aromatic carbocycles. The molecule has 0 atom stereocenters. The standard InChI is InChI=1S/C10H6F2N2OS3/c1-16-9-13-14-10(18-9)17-8-6(11)2-5(4-15)3-7(8)12/h2-4H,1H3. The van der Waals surface area contributed by atoms with Crippen LogP contribution in [0.2, 0.25) is 0 Å². The van der Waals surface area contributed by atoms with Crippen LogP contribution in [0.15, 0.2) is 25.7 Å². The zero-order valence-corrected chi connectivity index (χ0v) is 11.5. The Balaban J connectivity index is 2.31. The third-order valence-electron chi connectivity index (χ3n) is 1.91. The van der Waals surface area contributed by atoms with E-state index in [1.165, 1.54) is 23.1 Å². The lowest BCUT2D eigenvalue weighted by Crippen LogP contribution is -1.91. The Labute approximate surface area is 114 Å². The van der Waals surface area contributed by atoms with Crippen LogP contribution >= 0.6 is 34.9 Å². The van der Waals surface area contributed by atoms with Gasteiger partial charge < -0.3 is 0 Å². The lowest BCUT2D eigenvalue weighted by Gasteiger charge is -2.02. The fourth-order valence-electron chi connectivity index (χ4n) is 1.15. The largest absolute Gasteiger partial charge is 0.298 e. The summed E-state index contributed by atoms with van der Waals surface area (Å²) in [6, 6.07) is 1.99. The highest BCUT2D eigenvalue weighted by Crippen LogP contribution is 2.35. The third-order valence-corrected chi connectivity index (χ3v) is 4.95. The molecule has 1 heterocycles. The summed E-state index contributed by atoms with van der Waals surface area (Å²) in [5.74, 6) is -1.55. The first-order valence-corrected chi connectivity index (χ1v) is 7.49. The maximum Gasteiger partial charge on any atom is 0.180 e. The Morgan fingerprint density at radius 3 is 2.33 bits per heavy atom. The zero-order valence-electron chi connectivity index (χ0n) is 9.02. The molecular weight excluding hydrogens is 298 g/mol. The molecule has 0 saturated heterocycles. The van der Waals surface area contributed by atoms with Crippen LogP contribution < -0.4 is 0 Å². The third kappa shape index (κ3) is 2.88. The summed E-state index contributed by atoms with van der Waals surface area (Å²) in [7, 11) is 0. The van der Waals surface area contributed by atoms with Gasteiger partial charge in [0.1, 0.15) is 17.9 Å². The first-order valence-electron chi connectivity index (χ1n) is 4.63. The van der Waals surface area contributed by atoms with Crippen molar-refractivity contribution in [2.24, 2.45) is 0 Å². The van der Waals surface area contributed by atoms with E-state index in [0.29, 0.717) is 10.6 Å². The van der Waals surface area contributed by atoms with Gasteiger partial charge in [0.05, 0.1) is 4.90 Å². The van der Waals surface area contributed by atoms with Crippen molar-refractivity contribution in [3.8, 4) is 0 Å². The zero-order chi connectivity index (χ0) is 13.1. The number of benzene rings is 1. The Hall–Kier alpha value is -0.990. The number of hydrogen-bond acceptors (Lipinski definition) is 6. The van der Waals surface area contributed by atoms with Gasteiger partial charge in [-0.1, -0.05) is 34.9 Å². The second-order valence-electron chi connectivity index (χ2n) is 3.07. The predicted octanol–water partition coefficient (Wildman–Crippen LogP) is 3.50. The number of thioether (sulfide) groups is 1. The minimum absolute atomic E-state index is 0.0311. The lowest BCUT2D eigenvalue weighted by molar-refractivity contribution is 0.112. The molecule has 0 spiro atoms. The van der Waals surface area contributed by atoms with Crippen molar-refractivity contribution in [1.29, 1.82) is 0 Å². The van der Waals surface area contributed by atoms with Gasteiger partial charge in [-0.15, -0.1) is 10.2 Å². The number of hydrogen-bond donors (Lipinski definition) is 0. The maximum absolute atomic E-state index is 13.6. The number of aromatic nitrogens is 2. The van der Waals surface area contributed by atoms with Gasteiger partial charge in [0.15, 0.2) is 8.68 Å². The first kappa shape index (κ1) is 13.4. The van der Waals surface area contributed by atoms with E-state index >= 15 is 0 Å². The second-order valence-corrected chi connectivity index (χ2v) is 6.36. The van der Waals surface area contributed by atoms with E-state index in [2.05, 4.69) is 10.2 Å². The highest BCUT2D eigenvalue weighted by Gasteiger charge is 2.15. The van der Waals surface area contributed by atoms with Gasteiger partial charge >= 0.3 is 0 Å². The van der Waals surface area contributed by atoms with Crippen LogP contribution in [-0.2, 0) is 0 Å². The van der Waals surface area contributed by atoms with E-state index in [0.717, 1.165) is 28.2 Å². The Kier molecular flexibility index (Phi) is 4.31. The molecule has 0 unspecified atom stereocenters. The number of halogens is 2. The molecule has 2 aromatic rings. The molecule has 0 aliphatic rings. The molecule has 0 saturated carbocycles. The van der Waals surface area contributed by atoms with E-state index in [1.807, 2.05) is 6.26 Å². The molecule has 94 valence electrons. The first-order chi connectivity index (χ1) is 8.63. The lowest BCUT2D eigenvalue weighted by atomic mass is 10.2. The number of carbonyl (C=O) groups is 1. The summed E-state index contributed by atoms with van der Waals surface area (Å²) in [6.07, 6.45) is 2.24. The van der Waals surface area contributed by atoms with Crippen molar-refractivity contribution in [1.82, 2.24) is 10.2 Å². The van der Waals surface area contributed by atoms with Gasteiger partial charge in [0.25, 0.3) is 0 Å². The fraction of sp³-hybridized carbons (Fsp3) is 0.100. The Morgan fingerprint density at radius 1 is 1.22 bits per heavy atom. The fourth-order valence-corrected chi connectivity index (χ4v) is 3.54. The summed E-state index contributed by atoms with van der Waals surface area (Å²) in [5, 5.41) is 7.65. The molecule has 8 heteroatoms. The van der Waals surface area contributed by atoms with Gasteiger partial charge in [-0.25, -0.2) is 8.78 Å². The van der Waals surface area contributed by atoms with Gasteiger partial charge in [0, 0.05) is 5.56 Å². The number of nitrogens with zero attached hydrogens (tertiary/aromatic N) is 2. The molecule has 0 amide bonds. The van der Waals surface area contributed by atoms with Gasteiger partial charge in [-0.05, 0) is 18.4 Å². The van der Waals surface area contributed by atoms with Crippen molar-refractivity contribution >= 4 is 41.1 Å². The van der Waals surface area contributed by atoms with Crippen LogP contribution in [0.4, 0.5) is 8.78 Å². The number of rotatable bonds is 4. The van der Waals surface area contributed by atoms with E-state index in [-0.39, 0.29) is 10.5 Å². The summed E-state index contributed by atoms with van der Waals surface area (Å²) in [4.78, 5) is 10.3. The van der Waals surface area contributed by atoms with Gasteiger partial charge in [-0.2, -0.15) is 0 Å². The van der Waals surface area contributed by atoms with Crippen LogP contribution in [0.3, 0.4) is 0 Å². The van der Waals surface area contributed by atoms with Crippen molar-refractivity contribution in [2.75, 3.05) is 6.26 Å². The molecule has 2 rings (SSSR count). The minimum Gasteiger partial charge on any atom is -0.298 e. The summed E-state index contributed by atoms with van der Waals surface area (Å²) in [6.45, 7) is 0. The topological polar surface area (TPSA) is 42.9 Å². The van der Waals surface area contributed by atoms with E-state index in [1.54, 1.807) is 0 Å². The van der Waals surface area contributed by atoms with E-state index in [4.69, 9.17) is 0 Å². The average molecular weight is 304 g/mol. The molecule has 1 aromatic heterocycles. The Bertz CT molecular complexity index is 565. The van der Waals surface area contributed by atoms with Crippen molar-refractivity contribution in [3.63, 3.8) is 0 Å². The number of aldehydes is 1. The monoisotopic (exact) mass is 304 g/mol. The normalized spacial score (nSPS) is 10.6. The van der Waals surface area contributed by atoms with Crippen LogP contribution in [-0.4, -0.2) is 22.7 Å². The van der Waals surface area contributed by atoms with Crippen molar-refractivity contribution in [3.05, 3.63) is 29.3 Å². The van der Waals surface area contributed by atoms with Crippen molar-refractivity contribution < 1.29 is 13.6 Å². The van der Waals surface area contributed by atoms with Crippen LogP contribution in [0.5, 0.6) is 0 Å². The SMILES string of the molecule is CSc1nnc(Sc2c(F)cc(C=O)cc2F)s1. The molecular formula is C10H6F2N2OS3. The molecule has 0 bridgehead atoms. The van der Waals surface area contributed by atoms with Gasteiger partial charge in [0.2, 0.25) is 0 Å². The molecule has 0 fully saturated rings. The summed E-state index contributed by atoms with van der Waals surface area (Å²) in [5.41, 5.74) is -0.0311. The minimum atomic E-state index is -0.775. The number of carbonyl (C=O) groups excluding carboxylic acids is 1. The van der Waals surface area contributed by atoms with E-state index < -0.39 is 11.6 Å². The summed E-state index contributed by atoms with van der Waals surface area (Å²) >= 11 is 3.53. The smallest absolute Gasteiger partial charge is 0.180 e. The quantitative estimate of drug-likeness (QED) is 0.639. The maximum atomic E-state index is 13.6. The van der Waals surface area contributed by atoms with Crippen LogP contribution in [0.1, 0.15) is 10.4 Å². The van der Waals surface area contributed by atoms with Crippen LogP contribution in [0.25, 0.3) is 0 Å². The predicted molar refractivity (Wildman–Crippen MR) is 67.6 cm³/mol. The molecule has 18 heavy (non-hydrogen) atoms. The highest BCUT2D eigenvalue weighted by atomic mass is 32.2. The van der Waals surface area contributed by atoms with Gasteiger partial charge in [-0.3, -0.25) is 4.79 Å². The summed E-state index contributed by atoms with van der Waals surface area (Å²) < 4.78 is 28.4.